The summed E-state index contributed by atoms with van der Waals surface area (Å²) in [6.07, 6.45) is 5.02. The maximum Gasteiger partial charge on any atom is 0.0375 e. The van der Waals surface area contributed by atoms with Gasteiger partial charge in [0.25, 0.3) is 0 Å². The average Bonchev–Trinajstić information content (AvgIpc) is 2.43. The van der Waals surface area contributed by atoms with Crippen LogP contribution < -0.4 is 5.32 Å². The summed E-state index contributed by atoms with van der Waals surface area (Å²) in [4.78, 5) is 0. The number of nitrogens with one attached hydrogen (secondary N) is 1. The van der Waals surface area contributed by atoms with Gasteiger partial charge in [-0.15, -0.1) is 0 Å². The van der Waals surface area contributed by atoms with Gasteiger partial charge in [-0.1, -0.05) is 66.5 Å². The lowest BCUT2D eigenvalue weighted by atomic mass is 9.99. The standard InChI is InChI=1S/C10H13N.2C3H8.C2H6/c1-8-4-2-6-10-9(8)5-3-7-11-10;2*1-3-2;1-2/h2,4,6,11H,3,5,7H2,1H3;2*3H2,1-2H3;1-2H3. The SMILES string of the molecule is CC.CCC.CCC.Cc1cccc2c1CCCN2. The number of rotatable bonds is 0. The predicted octanol–water partition coefficient (Wildman–Crippen LogP) is 6.21. The Bertz CT molecular complexity index is 290. The lowest BCUT2D eigenvalue weighted by molar-refractivity contribution is 0.824. The Labute approximate surface area is 121 Å². The van der Waals surface area contributed by atoms with Crippen molar-refractivity contribution in [3.05, 3.63) is 29.3 Å². The fraction of sp³-hybridized carbons (Fsp3) is 0.667. The van der Waals surface area contributed by atoms with E-state index < -0.39 is 0 Å². The zero-order chi connectivity index (χ0) is 15.1. The van der Waals surface area contributed by atoms with Gasteiger partial charge in [-0.25, -0.2) is 0 Å². The van der Waals surface area contributed by atoms with Crippen molar-refractivity contribution in [2.45, 2.75) is 74.1 Å². The van der Waals surface area contributed by atoms with Crippen molar-refractivity contribution in [1.29, 1.82) is 0 Å². The quantitative estimate of drug-likeness (QED) is 0.588. The molecule has 0 atom stereocenters. The second-order valence-electron chi connectivity index (χ2n) is 4.55. The van der Waals surface area contributed by atoms with Crippen LogP contribution in [0.3, 0.4) is 0 Å². The molecule has 0 bridgehead atoms. The van der Waals surface area contributed by atoms with Crippen LogP contribution in [0.1, 0.15) is 71.9 Å². The van der Waals surface area contributed by atoms with Gasteiger partial charge in [0.2, 0.25) is 0 Å². The van der Waals surface area contributed by atoms with Crippen molar-refractivity contribution in [3.8, 4) is 0 Å². The van der Waals surface area contributed by atoms with Crippen molar-refractivity contribution in [2.75, 3.05) is 11.9 Å². The molecule has 2 rings (SSSR count). The Morgan fingerprint density at radius 3 is 2.00 bits per heavy atom. The summed E-state index contributed by atoms with van der Waals surface area (Å²) in [5, 5.41) is 3.40. The van der Waals surface area contributed by atoms with Crippen LogP contribution >= 0.6 is 0 Å². The van der Waals surface area contributed by atoms with Crippen molar-refractivity contribution >= 4 is 5.69 Å². The number of aryl methyl sites for hydroxylation is 1. The molecular formula is C18H35N. The third-order valence-corrected chi connectivity index (χ3v) is 2.33. The normalized spacial score (nSPS) is 11.1. The summed E-state index contributed by atoms with van der Waals surface area (Å²) < 4.78 is 0. The maximum absolute atomic E-state index is 3.40. The molecule has 1 aliphatic rings. The number of benzene rings is 1. The van der Waals surface area contributed by atoms with Gasteiger partial charge in [0.05, 0.1) is 0 Å². The molecule has 1 nitrogen and oxygen atoms in total. The van der Waals surface area contributed by atoms with Gasteiger partial charge in [0, 0.05) is 12.2 Å². The Kier molecular flexibility index (Phi) is 16.1. The predicted molar refractivity (Wildman–Crippen MR) is 91.3 cm³/mol. The first-order chi connectivity index (χ1) is 9.21. The summed E-state index contributed by atoms with van der Waals surface area (Å²) in [5.41, 5.74) is 4.28. The molecule has 0 aromatic heterocycles. The number of hydrogen-bond donors (Lipinski definition) is 1. The topological polar surface area (TPSA) is 12.0 Å². The first kappa shape index (κ1) is 20.3. The third kappa shape index (κ3) is 9.58. The van der Waals surface area contributed by atoms with Crippen LogP contribution in [0.4, 0.5) is 5.69 Å². The molecule has 0 saturated heterocycles. The number of fused-ring (bicyclic) bond motifs is 1. The Morgan fingerprint density at radius 1 is 1.00 bits per heavy atom. The average molecular weight is 265 g/mol. The first-order valence-corrected chi connectivity index (χ1v) is 8.03. The molecule has 0 spiro atoms. The van der Waals surface area contributed by atoms with E-state index in [1.807, 2.05) is 13.8 Å². The Hall–Kier alpha value is -0.980. The molecule has 1 N–H and O–H groups in total. The van der Waals surface area contributed by atoms with Crippen molar-refractivity contribution in [2.24, 2.45) is 0 Å². The molecule has 0 saturated carbocycles. The fourth-order valence-electron chi connectivity index (χ4n) is 1.69. The molecule has 0 fully saturated rings. The lowest BCUT2D eigenvalue weighted by Gasteiger charge is -2.19. The highest BCUT2D eigenvalue weighted by molar-refractivity contribution is 5.55. The van der Waals surface area contributed by atoms with Crippen LogP contribution in [0.5, 0.6) is 0 Å². The van der Waals surface area contributed by atoms with Gasteiger partial charge in [0.15, 0.2) is 0 Å². The third-order valence-electron chi connectivity index (χ3n) is 2.33. The van der Waals surface area contributed by atoms with E-state index in [1.165, 1.54) is 42.5 Å². The van der Waals surface area contributed by atoms with Gasteiger partial charge >= 0.3 is 0 Å². The van der Waals surface area contributed by atoms with Gasteiger partial charge in [-0.2, -0.15) is 0 Å². The van der Waals surface area contributed by atoms with E-state index in [4.69, 9.17) is 0 Å². The molecule has 0 amide bonds. The van der Waals surface area contributed by atoms with Crippen molar-refractivity contribution in [3.63, 3.8) is 0 Å². The smallest absolute Gasteiger partial charge is 0.0375 e. The van der Waals surface area contributed by atoms with Crippen LogP contribution in [0.15, 0.2) is 18.2 Å². The van der Waals surface area contributed by atoms with Crippen LogP contribution in [0.25, 0.3) is 0 Å². The second-order valence-corrected chi connectivity index (χ2v) is 4.55. The molecular weight excluding hydrogens is 230 g/mol. The number of anilines is 1. The molecule has 1 heteroatoms. The summed E-state index contributed by atoms with van der Waals surface area (Å²) in [5.74, 6) is 0. The van der Waals surface area contributed by atoms with Gasteiger partial charge in [-0.3, -0.25) is 0 Å². The highest BCUT2D eigenvalue weighted by Crippen LogP contribution is 2.24. The first-order valence-electron chi connectivity index (χ1n) is 8.03. The highest BCUT2D eigenvalue weighted by atomic mass is 14.9. The van der Waals surface area contributed by atoms with E-state index in [-0.39, 0.29) is 0 Å². The van der Waals surface area contributed by atoms with Gasteiger partial charge in [-0.05, 0) is 37.0 Å². The molecule has 1 aromatic rings. The molecule has 0 aliphatic carbocycles. The number of hydrogen-bond acceptors (Lipinski definition) is 1. The van der Waals surface area contributed by atoms with Crippen LogP contribution in [0.2, 0.25) is 0 Å². The molecule has 1 heterocycles. The molecule has 19 heavy (non-hydrogen) atoms. The molecule has 112 valence electrons. The van der Waals surface area contributed by atoms with Gasteiger partial charge < -0.3 is 5.32 Å². The maximum atomic E-state index is 3.40. The van der Waals surface area contributed by atoms with Crippen LogP contribution in [-0.4, -0.2) is 6.54 Å². The van der Waals surface area contributed by atoms with Crippen molar-refractivity contribution < 1.29 is 0 Å². The molecule has 0 unspecified atom stereocenters. The summed E-state index contributed by atoms with van der Waals surface area (Å²) in [6.45, 7) is 15.8. The molecule has 1 aliphatic heterocycles. The fourth-order valence-corrected chi connectivity index (χ4v) is 1.69. The highest BCUT2D eigenvalue weighted by Gasteiger charge is 2.08. The van der Waals surface area contributed by atoms with E-state index in [1.54, 1.807) is 0 Å². The Morgan fingerprint density at radius 2 is 1.53 bits per heavy atom. The summed E-state index contributed by atoms with van der Waals surface area (Å²) in [6, 6.07) is 6.47. The van der Waals surface area contributed by atoms with E-state index in [0.717, 1.165) is 6.54 Å². The van der Waals surface area contributed by atoms with E-state index in [0.29, 0.717) is 0 Å². The molecule has 0 radical (unpaired) electrons. The van der Waals surface area contributed by atoms with Gasteiger partial charge in [0.1, 0.15) is 0 Å². The van der Waals surface area contributed by atoms with Crippen LogP contribution in [0, 0.1) is 6.92 Å². The minimum Gasteiger partial charge on any atom is -0.385 e. The van der Waals surface area contributed by atoms with Crippen molar-refractivity contribution in [1.82, 2.24) is 0 Å². The van der Waals surface area contributed by atoms with Crippen LogP contribution in [-0.2, 0) is 6.42 Å². The van der Waals surface area contributed by atoms with E-state index in [9.17, 15) is 0 Å². The van der Waals surface area contributed by atoms with E-state index >= 15 is 0 Å². The van der Waals surface area contributed by atoms with E-state index in [2.05, 4.69) is 58.1 Å². The minimum absolute atomic E-state index is 1.14. The largest absolute Gasteiger partial charge is 0.385 e. The minimum atomic E-state index is 1.14. The zero-order valence-electron chi connectivity index (χ0n) is 14.3. The Balaban J connectivity index is 0. The summed E-state index contributed by atoms with van der Waals surface area (Å²) >= 11 is 0. The molecule has 1 aromatic carbocycles. The zero-order valence-corrected chi connectivity index (χ0v) is 14.3. The lowest BCUT2D eigenvalue weighted by Crippen LogP contribution is -2.12. The summed E-state index contributed by atoms with van der Waals surface area (Å²) in [7, 11) is 0. The monoisotopic (exact) mass is 265 g/mol. The second kappa shape index (κ2) is 15.1.